The van der Waals surface area contributed by atoms with E-state index in [1.54, 1.807) is 0 Å². The summed E-state index contributed by atoms with van der Waals surface area (Å²) >= 11 is 5.74. The number of primary amides is 1. The molecule has 68 valence electrons. The third-order valence-electron chi connectivity index (χ3n) is 1.54. The van der Waals surface area contributed by atoms with Crippen LogP contribution in [0.2, 0.25) is 5.02 Å². The van der Waals surface area contributed by atoms with Crippen LogP contribution in [0.4, 0.5) is 0 Å². The standard InChI is InChI=1S/C8H8ClN3O/c9-6-3-4(8(12)13)1-2-5(6)7(10)11/h1-3H,(H3,10,11)(H2,12,13). The molecular formula is C8H8ClN3O. The number of nitrogen functional groups attached to an aromatic ring is 1. The molecule has 1 aromatic rings. The Hall–Kier alpha value is -1.55. The molecule has 0 saturated heterocycles. The molecule has 0 spiro atoms. The Morgan fingerprint density at radius 3 is 2.38 bits per heavy atom. The van der Waals surface area contributed by atoms with E-state index in [9.17, 15) is 4.79 Å². The van der Waals surface area contributed by atoms with Gasteiger partial charge in [-0.3, -0.25) is 10.2 Å². The van der Waals surface area contributed by atoms with Crippen LogP contribution >= 0.6 is 11.6 Å². The molecule has 13 heavy (non-hydrogen) atoms. The van der Waals surface area contributed by atoms with E-state index < -0.39 is 5.91 Å². The van der Waals surface area contributed by atoms with E-state index in [0.29, 0.717) is 11.1 Å². The van der Waals surface area contributed by atoms with Crippen LogP contribution in [-0.4, -0.2) is 11.7 Å². The van der Waals surface area contributed by atoms with E-state index in [0.717, 1.165) is 0 Å². The zero-order valence-electron chi connectivity index (χ0n) is 6.67. The van der Waals surface area contributed by atoms with Crippen molar-refractivity contribution < 1.29 is 4.79 Å². The molecule has 0 atom stereocenters. The van der Waals surface area contributed by atoms with Gasteiger partial charge in [-0.15, -0.1) is 0 Å². The first-order valence-electron chi connectivity index (χ1n) is 3.46. The third-order valence-corrected chi connectivity index (χ3v) is 1.86. The van der Waals surface area contributed by atoms with Crippen LogP contribution in [0, 0.1) is 5.41 Å². The predicted octanol–water partition coefficient (Wildman–Crippen LogP) is 0.723. The molecule has 0 aliphatic heterocycles. The fourth-order valence-electron chi connectivity index (χ4n) is 0.887. The minimum Gasteiger partial charge on any atom is -0.384 e. The minimum atomic E-state index is -0.558. The van der Waals surface area contributed by atoms with Gasteiger partial charge in [0.25, 0.3) is 0 Å². The highest BCUT2D eigenvalue weighted by Crippen LogP contribution is 2.16. The lowest BCUT2D eigenvalue weighted by atomic mass is 10.1. The summed E-state index contributed by atoms with van der Waals surface area (Å²) in [6, 6.07) is 4.36. The molecule has 0 bridgehead atoms. The van der Waals surface area contributed by atoms with E-state index in [1.807, 2.05) is 0 Å². The summed E-state index contributed by atoms with van der Waals surface area (Å²) in [6.07, 6.45) is 0. The van der Waals surface area contributed by atoms with Crippen LogP contribution in [0.15, 0.2) is 18.2 Å². The monoisotopic (exact) mass is 197 g/mol. The van der Waals surface area contributed by atoms with Crippen molar-refractivity contribution in [1.29, 1.82) is 5.41 Å². The Kier molecular flexibility index (Phi) is 2.53. The summed E-state index contributed by atoms with van der Waals surface area (Å²) in [5, 5.41) is 7.38. The fraction of sp³-hybridized carbons (Fsp3) is 0. The van der Waals surface area contributed by atoms with Gasteiger partial charge in [-0.05, 0) is 18.2 Å². The number of hydrogen-bond acceptors (Lipinski definition) is 2. The Morgan fingerprint density at radius 2 is 2.00 bits per heavy atom. The van der Waals surface area contributed by atoms with Gasteiger partial charge in [-0.2, -0.15) is 0 Å². The summed E-state index contributed by atoms with van der Waals surface area (Å²) in [5.41, 5.74) is 10.9. The molecule has 0 fully saturated rings. The smallest absolute Gasteiger partial charge is 0.248 e. The maximum atomic E-state index is 10.7. The molecule has 0 radical (unpaired) electrons. The molecule has 0 saturated carbocycles. The highest BCUT2D eigenvalue weighted by atomic mass is 35.5. The quantitative estimate of drug-likeness (QED) is 0.482. The number of halogens is 1. The van der Waals surface area contributed by atoms with Crippen LogP contribution < -0.4 is 11.5 Å². The largest absolute Gasteiger partial charge is 0.384 e. The van der Waals surface area contributed by atoms with Crippen molar-refractivity contribution in [1.82, 2.24) is 0 Å². The van der Waals surface area contributed by atoms with E-state index >= 15 is 0 Å². The Morgan fingerprint density at radius 1 is 1.38 bits per heavy atom. The van der Waals surface area contributed by atoms with Crippen LogP contribution in [0.25, 0.3) is 0 Å². The lowest BCUT2D eigenvalue weighted by Crippen LogP contribution is -2.14. The average Bonchev–Trinajstić information content (AvgIpc) is 2.03. The number of amides is 1. The summed E-state index contributed by atoms with van der Waals surface area (Å²) < 4.78 is 0. The molecular weight excluding hydrogens is 190 g/mol. The Balaban J connectivity index is 3.20. The summed E-state index contributed by atoms with van der Waals surface area (Å²) in [6.45, 7) is 0. The highest BCUT2D eigenvalue weighted by Gasteiger charge is 2.06. The summed E-state index contributed by atoms with van der Waals surface area (Å²) in [5.74, 6) is -0.696. The van der Waals surface area contributed by atoms with Crippen molar-refractivity contribution in [3.8, 4) is 0 Å². The van der Waals surface area contributed by atoms with Crippen molar-refractivity contribution >= 4 is 23.3 Å². The maximum Gasteiger partial charge on any atom is 0.248 e. The lowest BCUT2D eigenvalue weighted by molar-refractivity contribution is 0.100. The molecule has 5 heteroatoms. The van der Waals surface area contributed by atoms with Gasteiger partial charge >= 0.3 is 0 Å². The molecule has 5 N–H and O–H groups in total. The molecule has 0 aliphatic carbocycles. The second-order valence-electron chi connectivity index (χ2n) is 2.47. The number of carbonyl (C=O) groups excluding carboxylic acids is 1. The SMILES string of the molecule is N=C(N)c1ccc(C(N)=O)cc1Cl. The minimum absolute atomic E-state index is 0.138. The molecule has 1 amide bonds. The second kappa shape index (κ2) is 3.45. The van der Waals surface area contributed by atoms with Crippen molar-refractivity contribution in [2.24, 2.45) is 11.5 Å². The van der Waals surface area contributed by atoms with Gasteiger partial charge < -0.3 is 11.5 Å². The number of nitrogens with two attached hydrogens (primary N) is 2. The normalized spacial score (nSPS) is 9.62. The summed E-state index contributed by atoms with van der Waals surface area (Å²) in [4.78, 5) is 10.7. The molecule has 4 nitrogen and oxygen atoms in total. The van der Waals surface area contributed by atoms with Crippen molar-refractivity contribution in [2.75, 3.05) is 0 Å². The third kappa shape index (κ3) is 1.97. The first kappa shape index (κ1) is 9.54. The van der Waals surface area contributed by atoms with Gasteiger partial charge in [0.15, 0.2) is 0 Å². The van der Waals surface area contributed by atoms with Gasteiger partial charge in [0, 0.05) is 11.1 Å². The second-order valence-corrected chi connectivity index (χ2v) is 2.88. The van der Waals surface area contributed by atoms with E-state index in [2.05, 4.69) is 0 Å². The Labute approximate surface area is 80.0 Å². The van der Waals surface area contributed by atoms with Gasteiger partial charge in [-0.25, -0.2) is 0 Å². The maximum absolute atomic E-state index is 10.7. The molecule has 0 heterocycles. The zero-order valence-corrected chi connectivity index (χ0v) is 7.43. The van der Waals surface area contributed by atoms with E-state index in [4.69, 9.17) is 28.5 Å². The highest BCUT2D eigenvalue weighted by molar-refractivity contribution is 6.34. The number of amidine groups is 1. The number of carbonyl (C=O) groups is 1. The van der Waals surface area contributed by atoms with Gasteiger partial charge in [0.05, 0.1) is 5.02 Å². The van der Waals surface area contributed by atoms with Crippen molar-refractivity contribution in [3.05, 3.63) is 34.3 Å². The molecule has 0 aromatic heterocycles. The number of rotatable bonds is 2. The Bertz CT molecular complexity index is 376. The topological polar surface area (TPSA) is 93.0 Å². The van der Waals surface area contributed by atoms with Crippen molar-refractivity contribution in [2.45, 2.75) is 0 Å². The van der Waals surface area contributed by atoms with Gasteiger partial charge in [0.1, 0.15) is 5.84 Å². The van der Waals surface area contributed by atoms with E-state index in [1.165, 1.54) is 18.2 Å². The number of benzene rings is 1. The zero-order chi connectivity index (χ0) is 10.0. The first-order valence-corrected chi connectivity index (χ1v) is 3.84. The molecule has 0 aliphatic rings. The van der Waals surface area contributed by atoms with Gasteiger partial charge in [0.2, 0.25) is 5.91 Å². The molecule has 1 aromatic carbocycles. The first-order chi connectivity index (χ1) is 6.02. The van der Waals surface area contributed by atoms with E-state index in [-0.39, 0.29) is 10.9 Å². The predicted molar refractivity (Wildman–Crippen MR) is 51.0 cm³/mol. The average molecular weight is 198 g/mol. The summed E-state index contributed by atoms with van der Waals surface area (Å²) in [7, 11) is 0. The van der Waals surface area contributed by atoms with Crippen LogP contribution in [-0.2, 0) is 0 Å². The fourth-order valence-corrected chi connectivity index (χ4v) is 1.17. The number of nitrogens with one attached hydrogen (secondary N) is 1. The van der Waals surface area contributed by atoms with Crippen LogP contribution in [0.5, 0.6) is 0 Å². The molecule has 0 unspecified atom stereocenters. The van der Waals surface area contributed by atoms with Crippen LogP contribution in [0.1, 0.15) is 15.9 Å². The van der Waals surface area contributed by atoms with Crippen molar-refractivity contribution in [3.63, 3.8) is 0 Å². The number of hydrogen-bond donors (Lipinski definition) is 3. The lowest BCUT2D eigenvalue weighted by Gasteiger charge is -2.02. The molecule has 1 rings (SSSR count). The van der Waals surface area contributed by atoms with Gasteiger partial charge in [-0.1, -0.05) is 11.6 Å². The van der Waals surface area contributed by atoms with Crippen LogP contribution in [0.3, 0.4) is 0 Å².